The van der Waals surface area contributed by atoms with Crippen LogP contribution < -0.4 is 5.73 Å². The number of alkyl halides is 3. The third-order valence-electron chi connectivity index (χ3n) is 3.18. The van der Waals surface area contributed by atoms with Crippen LogP contribution in [0.2, 0.25) is 0 Å². The molecule has 5 heteroatoms. The molecule has 2 nitrogen and oxygen atoms in total. The average Bonchev–Trinajstić information content (AvgIpc) is 2.39. The summed E-state index contributed by atoms with van der Waals surface area (Å²) in [6, 6.07) is 3.03. The normalized spacial score (nSPS) is 25.2. The number of halogens is 3. The van der Waals surface area contributed by atoms with Gasteiger partial charge in [-0.05, 0) is 42.5 Å². The lowest BCUT2D eigenvalue weighted by Crippen LogP contribution is -2.27. The summed E-state index contributed by atoms with van der Waals surface area (Å²) in [5.74, 6) is 0. The van der Waals surface area contributed by atoms with Crippen molar-refractivity contribution >= 4 is 0 Å². The van der Waals surface area contributed by atoms with E-state index >= 15 is 0 Å². The molecule has 1 aliphatic rings. The van der Waals surface area contributed by atoms with Crippen molar-refractivity contribution in [3.63, 3.8) is 0 Å². The van der Waals surface area contributed by atoms with Gasteiger partial charge in [-0.3, -0.25) is 0 Å². The lowest BCUT2D eigenvalue weighted by Gasteiger charge is -2.19. The number of fused-ring (bicyclic) bond motifs is 1. The average molecular weight is 245 g/mol. The van der Waals surface area contributed by atoms with Crippen LogP contribution in [-0.2, 0) is 12.6 Å². The second-order valence-corrected chi connectivity index (χ2v) is 4.41. The van der Waals surface area contributed by atoms with Crippen LogP contribution in [0.25, 0.3) is 0 Å². The summed E-state index contributed by atoms with van der Waals surface area (Å²) >= 11 is 0. The van der Waals surface area contributed by atoms with Crippen molar-refractivity contribution in [1.29, 1.82) is 0 Å². The van der Waals surface area contributed by atoms with Crippen molar-refractivity contribution in [1.82, 2.24) is 0 Å². The Labute approximate surface area is 97.2 Å². The van der Waals surface area contributed by atoms with Crippen LogP contribution in [0.4, 0.5) is 13.2 Å². The molecular formula is C12H14F3NO. The van der Waals surface area contributed by atoms with E-state index in [0.29, 0.717) is 18.4 Å². The van der Waals surface area contributed by atoms with Gasteiger partial charge in [0.1, 0.15) is 0 Å². The Bertz CT molecular complexity index is 417. The number of aliphatic hydroxyl groups is 1. The predicted octanol–water partition coefficient (Wildman–Crippen LogP) is 2.40. The standard InChI is InChI=1S/C12H14F3NO/c13-12(14,15)8-5-4-7-2-1-3-10(16)11(17)9(7)6-8/h4-6,10-11,17H,1-3,16H2. The number of rotatable bonds is 0. The second-order valence-electron chi connectivity index (χ2n) is 4.41. The molecule has 1 aromatic carbocycles. The number of aliphatic hydroxyl groups excluding tert-OH is 1. The molecule has 0 heterocycles. The van der Waals surface area contributed by atoms with Crippen LogP contribution in [0.3, 0.4) is 0 Å². The summed E-state index contributed by atoms with van der Waals surface area (Å²) in [6.07, 6.45) is -3.31. The van der Waals surface area contributed by atoms with E-state index in [1.807, 2.05) is 0 Å². The summed E-state index contributed by atoms with van der Waals surface area (Å²) in [5.41, 5.74) is 6.08. The molecule has 0 spiro atoms. The highest BCUT2D eigenvalue weighted by Gasteiger charge is 2.33. The highest BCUT2D eigenvalue weighted by atomic mass is 19.4. The summed E-state index contributed by atoms with van der Waals surface area (Å²) in [5, 5.41) is 9.91. The van der Waals surface area contributed by atoms with E-state index in [-0.39, 0.29) is 0 Å². The predicted molar refractivity (Wildman–Crippen MR) is 57.3 cm³/mol. The third-order valence-corrected chi connectivity index (χ3v) is 3.18. The maximum atomic E-state index is 12.6. The summed E-state index contributed by atoms with van der Waals surface area (Å²) in [6.45, 7) is 0. The largest absolute Gasteiger partial charge is 0.416 e. The summed E-state index contributed by atoms with van der Waals surface area (Å²) in [4.78, 5) is 0. The van der Waals surface area contributed by atoms with E-state index in [1.165, 1.54) is 6.07 Å². The monoisotopic (exact) mass is 245 g/mol. The van der Waals surface area contributed by atoms with Gasteiger partial charge >= 0.3 is 6.18 Å². The lowest BCUT2D eigenvalue weighted by molar-refractivity contribution is -0.137. The van der Waals surface area contributed by atoms with Gasteiger partial charge in [0.05, 0.1) is 11.7 Å². The molecule has 3 N–H and O–H groups in total. The van der Waals surface area contributed by atoms with Gasteiger partial charge in [-0.2, -0.15) is 13.2 Å². The van der Waals surface area contributed by atoms with Crippen molar-refractivity contribution in [2.45, 2.75) is 37.6 Å². The van der Waals surface area contributed by atoms with E-state index in [4.69, 9.17) is 5.73 Å². The zero-order valence-corrected chi connectivity index (χ0v) is 9.17. The summed E-state index contributed by atoms with van der Waals surface area (Å²) in [7, 11) is 0. The van der Waals surface area contributed by atoms with Gasteiger partial charge in [-0.1, -0.05) is 6.07 Å². The SMILES string of the molecule is NC1CCCc2ccc(C(F)(F)F)cc2C1O. The fourth-order valence-electron chi connectivity index (χ4n) is 2.19. The minimum Gasteiger partial charge on any atom is -0.387 e. The van der Waals surface area contributed by atoms with Gasteiger partial charge in [-0.25, -0.2) is 0 Å². The molecule has 0 saturated heterocycles. The molecule has 0 saturated carbocycles. The third kappa shape index (κ3) is 2.45. The molecule has 2 rings (SSSR count). The molecule has 2 unspecified atom stereocenters. The first kappa shape index (κ1) is 12.4. The minimum absolute atomic E-state index is 0.324. The maximum Gasteiger partial charge on any atom is 0.416 e. The van der Waals surface area contributed by atoms with Gasteiger partial charge in [0.2, 0.25) is 0 Å². The quantitative estimate of drug-likeness (QED) is 0.689. The Morgan fingerprint density at radius 2 is 2.00 bits per heavy atom. The van der Waals surface area contributed by atoms with Crippen molar-refractivity contribution in [2.75, 3.05) is 0 Å². The van der Waals surface area contributed by atoms with Crippen molar-refractivity contribution in [3.8, 4) is 0 Å². The molecule has 0 aliphatic heterocycles. The van der Waals surface area contributed by atoms with Gasteiger partial charge in [0.15, 0.2) is 0 Å². The van der Waals surface area contributed by atoms with E-state index in [9.17, 15) is 18.3 Å². The highest BCUT2D eigenvalue weighted by Crippen LogP contribution is 2.34. The van der Waals surface area contributed by atoms with Gasteiger partial charge < -0.3 is 10.8 Å². The number of hydrogen-bond donors (Lipinski definition) is 2. The fourth-order valence-corrected chi connectivity index (χ4v) is 2.19. The van der Waals surface area contributed by atoms with Crippen LogP contribution in [0, 0.1) is 0 Å². The van der Waals surface area contributed by atoms with E-state index in [1.54, 1.807) is 0 Å². The number of aryl methyl sites for hydroxylation is 1. The Balaban J connectivity index is 2.46. The van der Waals surface area contributed by atoms with Crippen molar-refractivity contribution in [3.05, 3.63) is 34.9 Å². The first-order valence-electron chi connectivity index (χ1n) is 5.53. The van der Waals surface area contributed by atoms with Crippen molar-refractivity contribution in [2.24, 2.45) is 5.73 Å². The van der Waals surface area contributed by atoms with E-state index in [0.717, 1.165) is 24.1 Å². The molecule has 1 aliphatic carbocycles. The van der Waals surface area contributed by atoms with Crippen LogP contribution >= 0.6 is 0 Å². The molecule has 0 amide bonds. The zero-order chi connectivity index (χ0) is 12.6. The number of benzene rings is 1. The molecule has 0 radical (unpaired) electrons. The molecule has 0 fully saturated rings. The minimum atomic E-state index is -4.38. The van der Waals surface area contributed by atoms with Gasteiger partial charge in [0, 0.05) is 6.04 Å². The molecule has 2 atom stereocenters. The molecular weight excluding hydrogens is 231 g/mol. The maximum absolute atomic E-state index is 12.6. The van der Waals surface area contributed by atoms with Gasteiger partial charge in [0.25, 0.3) is 0 Å². The molecule has 94 valence electrons. The van der Waals surface area contributed by atoms with Crippen molar-refractivity contribution < 1.29 is 18.3 Å². The zero-order valence-electron chi connectivity index (χ0n) is 9.17. The van der Waals surface area contributed by atoms with E-state index < -0.39 is 23.9 Å². The number of hydrogen-bond acceptors (Lipinski definition) is 2. The highest BCUT2D eigenvalue weighted by molar-refractivity contribution is 5.36. The molecule has 1 aromatic rings. The van der Waals surface area contributed by atoms with Gasteiger partial charge in [-0.15, -0.1) is 0 Å². The molecule has 0 bridgehead atoms. The second kappa shape index (κ2) is 4.31. The Morgan fingerprint density at radius 1 is 1.29 bits per heavy atom. The van der Waals surface area contributed by atoms with Crippen LogP contribution in [0.15, 0.2) is 18.2 Å². The number of nitrogens with two attached hydrogens (primary N) is 1. The van der Waals surface area contributed by atoms with Crippen LogP contribution in [0.1, 0.15) is 35.6 Å². The van der Waals surface area contributed by atoms with Crippen LogP contribution in [-0.4, -0.2) is 11.1 Å². The van der Waals surface area contributed by atoms with E-state index in [2.05, 4.69) is 0 Å². The first-order chi connectivity index (χ1) is 7.89. The first-order valence-corrected chi connectivity index (χ1v) is 5.53. The topological polar surface area (TPSA) is 46.2 Å². The lowest BCUT2D eigenvalue weighted by atomic mass is 9.96. The molecule has 0 aromatic heterocycles. The Morgan fingerprint density at radius 3 is 2.65 bits per heavy atom. The Hall–Kier alpha value is -1.07. The summed E-state index contributed by atoms with van der Waals surface area (Å²) < 4.78 is 37.7. The van der Waals surface area contributed by atoms with Crippen LogP contribution in [0.5, 0.6) is 0 Å². The smallest absolute Gasteiger partial charge is 0.387 e. The Kier molecular flexibility index (Phi) is 3.14. The molecule has 17 heavy (non-hydrogen) atoms. The fraction of sp³-hybridized carbons (Fsp3) is 0.500.